The summed E-state index contributed by atoms with van der Waals surface area (Å²) in [6.45, 7) is 4.10. The molecule has 6 heteroatoms. The van der Waals surface area contributed by atoms with Crippen LogP contribution >= 0.6 is 11.8 Å². The molecule has 2 aromatic carbocycles. The third kappa shape index (κ3) is 4.32. The minimum atomic E-state index is 0.00548. The zero-order valence-corrected chi connectivity index (χ0v) is 16.0. The van der Waals surface area contributed by atoms with Crippen LogP contribution in [0.1, 0.15) is 24.1 Å². The number of aryl methyl sites for hydroxylation is 1. The Labute approximate surface area is 158 Å². The van der Waals surface area contributed by atoms with Crippen LogP contribution in [0.15, 0.2) is 66.1 Å². The third-order valence-electron chi connectivity index (χ3n) is 4.42. The number of carbonyl (C=O) groups is 1. The molecular formula is C20H22N4OS. The van der Waals surface area contributed by atoms with E-state index >= 15 is 0 Å². The van der Waals surface area contributed by atoms with Gasteiger partial charge in [0.1, 0.15) is 12.7 Å². The summed E-state index contributed by atoms with van der Waals surface area (Å²) in [4.78, 5) is 19.4. The van der Waals surface area contributed by atoms with Gasteiger partial charge in [-0.3, -0.25) is 4.79 Å². The van der Waals surface area contributed by atoms with Crippen molar-refractivity contribution in [3.05, 3.63) is 72.3 Å². The third-order valence-corrected chi connectivity index (χ3v) is 5.41. The fourth-order valence-corrected chi connectivity index (χ4v) is 3.39. The molecular weight excluding hydrogens is 344 g/mol. The first kappa shape index (κ1) is 18.2. The summed E-state index contributed by atoms with van der Waals surface area (Å²) in [6, 6.07) is 16.3. The number of benzene rings is 2. The Hall–Kier alpha value is -2.60. The van der Waals surface area contributed by atoms with Gasteiger partial charge in [-0.05, 0) is 43.7 Å². The van der Waals surface area contributed by atoms with Crippen LogP contribution in [0.4, 0.5) is 0 Å². The largest absolute Gasteiger partial charge is 0.338 e. The van der Waals surface area contributed by atoms with Gasteiger partial charge in [0.15, 0.2) is 0 Å². The standard InChI is InChI=1S/C20H22N4OS/c1-15-4-10-19(11-5-15)26-12-20(25)23(3)16(2)17-6-8-18(9-7-17)24-14-21-13-22-24/h4-11,13-14,16H,12H2,1-3H3/t16-/m0/s1. The molecule has 26 heavy (non-hydrogen) atoms. The molecule has 1 atom stereocenters. The Balaban J connectivity index is 1.60. The van der Waals surface area contributed by atoms with Gasteiger partial charge >= 0.3 is 0 Å². The predicted molar refractivity (Wildman–Crippen MR) is 104 cm³/mol. The number of hydrogen-bond acceptors (Lipinski definition) is 4. The van der Waals surface area contributed by atoms with Gasteiger partial charge in [-0.2, -0.15) is 5.10 Å². The van der Waals surface area contributed by atoms with E-state index in [1.807, 2.05) is 38.2 Å². The van der Waals surface area contributed by atoms with Crippen LogP contribution in [0.5, 0.6) is 0 Å². The lowest BCUT2D eigenvalue weighted by Gasteiger charge is -2.25. The second-order valence-electron chi connectivity index (χ2n) is 6.21. The minimum Gasteiger partial charge on any atom is -0.338 e. The van der Waals surface area contributed by atoms with E-state index in [1.54, 1.807) is 27.7 Å². The lowest BCUT2D eigenvalue weighted by Crippen LogP contribution is -2.31. The van der Waals surface area contributed by atoms with Gasteiger partial charge in [-0.15, -0.1) is 11.8 Å². The van der Waals surface area contributed by atoms with Crippen molar-refractivity contribution in [1.29, 1.82) is 0 Å². The van der Waals surface area contributed by atoms with E-state index < -0.39 is 0 Å². The fraction of sp³-hybridized carbons (Fsp3) is 0.250. The SMILES string of the molecule is Cc1ccc(SCC(=O)N(C)[C@@H](C)c2ccc(-n3cncn3)cc2)cc1. The highest BCUT2D eigenvalue weighted by Gasteiger charge is 2.17. The van der Waals surface area contributed by atoms with Crippen molar-refractivity contribution in [1.82, 2.24) is 19.7 Å². The first-order chi connectivity index (χ1) is 12.5. The summed E-state index contributed by atoms with van der Waals surface area (Å²) in [5, 5.41) is 4.12. The summed E-state index contributed by atoms with van der Waals surface area (Å²) in [5.74, 6) is 0.546. The molecule has 0 spiro atoms. The smallest absolute Gasteiger partial charge is 0.233 e. The second kappa shape index (κ2) is 8.19. The van der Waals surface area contributed by atoms with Gasteiger partial charge in [-0.25, -0.2) is 9.67 Å². The number of rotatable bonds is 6. The van der Waals surface area contributed by atoms with E-state index in [1.165, 1.54) is 11.9 Å². The summed E-state index contributed by atoms with van der Waals surface area (Å²) < 4.78 is 1.71. The van der Waals surface area contributed by atoms with Crippen LogP contribution < -0.4 is 0 Å². The van der Waals surface area contributed by atoms with E-state index in [9.17, 15) is 4.79 Å². The predicted octanol–water partition coefficient (Wildman–Crippen LogP) is 3.89. The quantitative estimate of drug-likeness (QED) is 0.621. The van der Waals surface area contributed by atoms with E-state index in [0.29, 0.717) is 5.75 Å². The van der Waals surface area contributed by atoms with Crippen LogP contribution in [0.25, 0.3) is 5.69 Å². The molecule has 0 saturated carbocycles. The summed E-state index contributed by atoms with van der Waals surface area (Å²) in [6.07, 6.45) is 3.17. The highest BCUT2D eigenvalue weighted by Crippen LogP contribution is 2.23. The highest BCUT2D eigenvalue weighted by molar-refractivity contribution is 8.00. The van der Waals surface area contributed by atoms with Crippen molar-refractivity contribution in [3.63, 3.8) is 0 Å². The molecule has 134 valence electrons. The van der Waals surface area contributed by atoms with Gasteiger partial charge in [0.2, 0.25) is 5.91 Å². The van der Waals surface area contributed by atoms with Crippen molar-refractivity contribution in [2.75, 3.05) is 12.8 Å². The molecule has 5 nitrogen and oxygen atoms in total. The zero-order valence-electron chi connectivity index (χ0n) is 15.2. The molecule has 0 N–H and O–H groups in total. The maximum absolute atomic E-state index is 12.5. The van der Waals surface area contributed by atoms with Gasteiger partial charge in [0.05, 0.1) is 17.5 Å². The van der Waals surface area contributed by atoms with Crippen LogP contribution in [-0.2, 0) is 4.79 Å². The van der Waals surface area contributed by atoms with E-state index in [-0.39, 0.29) is 11.9 Å². The summed E-state index contributed by atoms with van der Waals surface area (Å²) in [5.41, 5.74) is 3.26. The molecule has 0 aliphatic carbocycles. The highest BCUT2D eigenvalue weighted by atomic mass is 32.2. The van der Waals surface area contributed by atoms with Crippen LogP contribution in [0, 0.1) is 6.92 Å². The monoisotopic (exact) mass is 366 g/mol. The first-order valence-electron chi connectivity index (χ1n) is 8.44. The Bertz CT molecular complexity index is 845. The zero-order chi connectivity index (χ0) is 18.5. The number of nitrogens with zero attached hydrogens (tertiary/aromatic N) is 4. The fourth-order valence-electron chi connectivity index (χ4n) is 2.57. The number of thioether (sulfide) groups is 1. The number of carbonyl (C=O) groups excluding carboxylic acids is 1. The molecule has 0 fully saturated rings. The van der Waals surface area contributed by atoms with Crippen molar-refractivity contribution in [3.8, 4) is 5.69 Å². The molecule has 0 unspecified atom stereocenters. The van der Waals surface area contributed by atoms with E-state index in [0.717, 1.165) is 16.1 Å². The normalized spacial score (nSPS) is 12.0. The van der Waals surface area contributed by atoms with E-state index in [4.69, 9.17) is 0 Å². The minimum absolute atomic E-state index is 0.00548. The summed E-state index contributed by atoms with van der Waals surface area (Å²) in [7, 11) is 1.86. The van der Waals surface area contributed by atoms with Gasteiger partial charge in [0.25, 0.3) is 0 Å². The molecule has 1 amide bonds. The summed E-state index contributed by atoms with van der Waals surface area (Å²) >= 11 is 1.57. The molecule has 3 rings (SSSR count). The number of hydrogen-bond donors (Lipinski definition) is 0. The van der Waals surface area contributed by atoms with Crippen molar-refractivity contribution in [2.45, 2.75) is 24.8 Å². The van der Waals surface area contributed by atoms with Crippen molar-refractivity contribution in [2.24, 2.45) is 0 Å². The van der Waals surface area contributed by atoms with E-state index in [2.05, 4.69) is 41.3 Å². The van der Waals surface area contributed by atoms with Crippen LogP contribution in [0.3, 0.4) is 0 Å². The van der Waals surface area contributed by atoms with Gasteiger partial charge in [0, 0.05) is 11.9 Å². The molecule has 3 aromatic rings. The Kier molecular flexibility index (Phi) is 5.73. The average molecular weight is 366 g/mol. The number of aromatic nitrogens is 3. The lowest BCUT2D eigenvalue weighted by molar-refractivity contribution is -0.128. The molecule has 1 heterocycles. The topological polar surface area (TPSA) is 51.0 Å². The molecule has 1 aromatic heterocycles. The van der Waals surface area contributed by atoms with Crippen molar-refractivity contribution >= 4 is 17.7 Å². The first-order valence-corrected chi connectivity index (χ1v) is 9.43. The Morgan fingerprint density at radius 1 is 1.15 bits per heavy atom. The second-order valence-corrected chi connectivity index (χ2v) is 7.26. The van der Waals surface area contributed by atoms with Crippen LogP contribution in [-0.4, -0.2) is 38.4 Å². The Morgan fingerprint density at radius 2 is 1.85 bits per heavy atom. The van der Waals surface area contributed by atoms with Crippen LogP contribution in [0.2, 0.25) is 0 Å². The molecule has 0 aliphatic heterocycles. The maximum Gasteiger partial charge on any atom is 0.233 e. The molecule has 0 bridgehead atoms. The molecule has 0 saturated heterocycles. The average Bonchev–Trinajstić information content (AvgIpc) is 3.21. The van der Waals surface area contributed by atoms with Crippen molar-refractivity contribution < 1.29 is 4.79 Å². The maximum atomic E-state index is 12.5. The van der Waals surface area contributed by atoms with Gasteiger partial charge in [-0.1, -0.05) is 29.8 Å². The molecule has 0 aliphatic rings. The Morgan fingerprint density at radius 3 is 2.46 bits per heavy atom. The lowest BCUT2D eigenvalue weighted by atomic mass is 10.1. The van der Waals surface area contributed by atoms with Gasteiger partial charge < -0.3 is 4.90 Å². The number of amides is 1. The molecule has 0 radical (unpaired) electrons.